The van der Waals surface area contributed by atoms with Crippen molar-refractivity contribution >= 4 is 28.6 Å². The topological polar surface area (TPSA) is 46.5 Å². The molecule has 0 saturated heterocycles. The van der Waals surface area contributed by atoms with Gasteiger partial charge in [0.25, 0.3) is 0 Å². The summed E-state index contributed by atoms with van der Waals surface area (Å²) in [6.45, 7) is 4.25. The van der Waals surface area contributed by atoms with E-state index in [1.165, 1.54) is 12.8 Å². The minimum atomic E-state index is -0.687. The number of esters is 1. The number of ether oxygens (including phenoxy) is 1. The van der Waals surface area contributed by atoms with Crippen LogP contribution in [0.3, 0.4) is 0 Å². The highest BCUT2D eigenvalue weighted by atomic mass is 127. The lowest BCUT2D eigenvalue weighted by molar-refractivity contribution is -0.139. The van der Waals surface area contributed by atoms with Crippen LogP contribution in [0.2, 0.25) is 0 Å². The van der Waals surface area contributed by atoms with Crippen molar-refractivity contribution in [2.75, 3.05) is 6.61 Å². The monoisotopic (exact) mass is 340 g/mol. The summed E-state index contributed by atoms with van der Waals surface area (Å²) in [5.74, 6) is -0.403. The number of aliphatic hydroxyl groups is 1. The van der Waals surface area contributed by atoms with E-state index in [4.69, 9.17) is 4.74 Å². The maximum absolute atomic E-state index is 11.4. The molecule has 0 saturated carbocycles. The Morgan fingerprint density at radius 1 is 1.38 bits per heavy atom. The van der Waals surface area contributed by atoms with Gasteiger partial charge in [0.05, 0.1) is 18.3 Å². The third-order valence-corrected chi connectivity index (χ3v) is 2.99. The summed E-state index contributed by atoms with van der Waals surface area (Å²) in [7, 11) is 0. The van der Waals surface area contributed by atoms with Crippen molar-refractivity contribution in [1.29, 1.82) is 0 Å². The second-order valence-corrected chi connectivity index (χ2v) is 4.27. The van der Waals surface area contributed by atoms with E-state index in [-0.39, 0.29) is 0 Å². The fourth-order valence-electron chi connectivity index (χ4n) is 1.39. The number of carbonyl (C=O) groups excluding carboxylic acids is 1. The first-order chi connectivity index (χ1) is 7.67. The van der Waals surface area contributed by atoms with Gasteiger partial charge in [-0.25, -0.2) is 4.79 Å². The van der Waals surface area contributed by atoms with Crippen molar-refractivity contribution in [2.45, 2.75) is 52.1 Å². The maximum Gasteiger partial charge on any atom is 0.337 e. The fraction of sp³-hybridized carbons (Fsp3) is 0.750. The van der Waals surface area contributed by atoms with E-state index in [2.05, 4.69) is 6.92 Å². The SMILES string of the molecule is CCCCCCC(O)/C(=C/I)C(=O)OCC. The van der Waals surface area contributed by atoms with E-state index in [1.807, 2.05) is 22.6 Å². The molecule has 0 amide bonds. The molecule has 0 heterocycles. The molecule has 0 bridgehead atoms. The summed E-state index contributed by atoms with van der Waals surface area (Å²) in [6, 6.07) is 0. The number of hydrogen-bond acceptors (Lipinski definition) is 3. The molecule has 4 heteroatoms. The Morgan fingerprint density at radius 2 is 2.06 bits per heavy atom. The highest BCUT2D eigenvalue weighted by molar-refractivity contribution is 14.1. The number of unbranched alkanes of at least 4 members (excludes halogenated alkanes) is 3. The molecule has 1 N–H and O–H groups in total. The van der Waals surface area contributed by atoms with Crippen LogP contribution < -0.4 is 0 Å². The molecule has 0 aliphatic rings. The van der Waals surface area contributed by atoms with Crippen molar-refractivity contribution in [3.8, 4) is 0 Å². The van der Waals surface area contributed by atoms with Gasteiger partial charge in [0.1, 0.15) is 0 Å². The van der Waals surface area contributed by atoms with Crippen molar-refractivity contribution in [3.63, 3.8) is 0 Å². The van der Waals surface area contributed by atoms with Crippen molar-refractivity contribution in [1.82, 2.24) is 0 Å². The molecule has 0 spiro atoms. The van der Waals surface area contributed by atoms with Gasteiger partial charge < -0.3 is 9.84 Å². The van der Waals surface area contributed by atoms with Crippen molar-refractivity contribution in [2.24, 2.45) is 0 Å². The lowest BCUT2D eigenvalue weighted by Crippen LogP contribution is -2.19. The molecule has 1 atom stereocenters. The Morgan fingerprint density at radius 3 is 2.56 bits per heavy atom. The fourth-order valence-corrected chi connectivity index (χ4v) is 2.06. The summed E-state index contributed by atoms with van der Waals surface area (Å²) in [5, 5.41) is 9.83. The van der Waals surface area contributed by atoms with Gasteiger partial charge in [-0.3, -0.25) is 0 Å². The van der Waals surface area contributed by atoms with Gasteiger partial charge in [0, 0.05) is 0 Å². The molecule has 0 aliphatic heterocycles. The number of aliphatic hydroxyl groups excluding tert-OH is 1. The Bertz CT molecular complexity index is 226. The smallest absolute Gasteiger partial charge is 0.337 e. The predicted octanol–water partition coefficient (Wildman–Crippen LogP) is 3.20. The van der Waals surface area contributed by atoms with E-state index < -0.39 is 12.1 Å². The number of rotatable bonds is 8. The van der Waals surface area contributed by atoms with Crippen LogP contribution >= 0.6 is 22.6 Å². The second-order valence-electron chi connectivity index (χ2n) is 3.65. The van der Waals surface area contributed by atoms with Crippen LogP contribution in [-0.4, -0.2) is 23.8 Å². The molecule has 16 heavy (non-hydrogen) atoms. The molecule has 3 nitrogen and oxygen atoms in total. The van der Waals surface area contributed by atoms with E-state index in [0.717, 1.165) is 12.8 Å². The second kappa shape index (κ2) is 10.1. The van der Waals surface area contributed by atoms with Crippen LogP contribution in [0.4, 0.5) is 0 Å². The van der Waals surface area contributed by atoms with E-state index in [1.54, 1.807) is 11.0 Å². The van der Waals surface area contributed by atoms with Gasteiger partial charge in [-0.1, -0.05) is 55.2 Å². The van der Waals surface area contributed by atoms with Crippen LogP contribution in [0.5, 0.6) is 0 Å². The van der Waals surface area contributed by atoms with Crippen LogP contribution in [0, 0.1) is 0 Å². The lowest BCUT2D eigenvalue weighted by atomic mass is 10.0. The lowest BCUT2D eigenvalue weighted by Gasteiger charge is -2.12. The first-order valence-corrected chi connectivity index (χ1v) is 7.07. The highest BCUT2D eigenvalue weighted by Crippen LogP contribution is 2.15. The average Bonchev–Trinajstić information content (AvgIpc) is 2.26. The molecule has 0 fully saturated rings. The molecular weight excluding hydrogens is 319 g/mol. The van der Waals surface area contributed by atoms with Gasteiger partial charge in [-0.15, -0.1) is 0 Å². The maximum atomic E-state index is 11.4. The van der Waals surface area contributed by atoms with Crippen LogP contribution in [0.1, 0.15) is 46.0 Å². The Kier molecular flexibility index (Phi) is 10.0. The molecule has 0 aromatic heterocycles. The minimum Gasteiger partial charge on any atom is -0.463 e. The molecule has 1 unspecified atom stereocenters. The molecule has 0 aliphatic carbocycles. The standard InChI is InChI=1S/C12H21IO3/c1-3-5-6-7-8-11(14)10(9-13)12(15)16-4-2/h9,11,14H,3-8H2,1-2H3/b10-9-. The third-order valence-electron chi connectivity index (χ3n) is 2.32. The first-order valence-electron chi connectivity index (χ1n) is 5.82. The van der Waals surface area contributed by atoms with Crippen LogP contribution in [-0.2, 0) is 9.53 Å². The zero-order valence-electron chi connectivity index (χ0n) is 10.0. The summed E-state index contributed by atoms with van der Waals surface area (Å²) in [5.41, 5.74) is 0.374. The molecular formula is C12H21IO3. The normalized spacial score (nSPS) is 13.6. The zero-order chi connectivity index (χ0) is 12.4. The summed E-state index contributed by atoms with van der Waals surface area (Å²) in [4.78, 5) is 11.4. The number of halogens is 1. The zero-order valence-corrected chi connectivity index (χ0v) is 12.2. The van der Waals surface area contributed by atoms with E-state index in [0.29, 0.717) is 18.6 Å². The summed E-state index contributed by atoms with van der Waals surface area (Å²) in [6.07, 6.45) is 4.34. The van der Waals surface area contributed by atoms with E-state index in [9.17, 15) is 9.90 Å². The largest absolute Gasteiger partial charge is 0.463 e. The molecule has 0 aromatic rings. The van der Waals surface area contributed by atoms with Gasteiger partial charge in [-0.05, 0) is 17.4 Å². The molecule has 0 radical (unpaired) electrons. The average molecular weight is 340 g/mol. The van der Waals surface area contributed by atoms with Gasteiger partial charge in [0.2, 0.25) is 0 Å². The molecule has 94 valence electrons. The van der Waals surface area contributed by atoms with Crippen LogP contribution in [0.15, 0.2) is 9.66 Å². The highest BCUT2D eigenvalue weighted by Gasteiger charge is 2.18. The van der Waals surface area contributed by atoms with Crippen LogP contribution in [0.25, 0.3) is 0 Å². The molecule has 0 aromatic carbocycles. The first kappa shape index (κ1) is 15.9. The van der Waals surface area contributed by atoms with Crippen molar-refractivity contribution < 1.29 is 14.6 Å². The quantitative estimate of drug-likeness (QED) is 0.319. The Hall–Kier alpha value is -0.100. The summed E-state index contributed by atoms with van der Waals surface area (Å²) < 4.78 is 6.48. The van der Waals surface area contributed by atoms with E-state index >= 15 is 0 Å². The third kappa shape index (κ3) is 6.48. The predicted molar refractivity (Wildman–Crippen MR) is 73.5 cm³/mol. The van der Waals surface area contributed by atoms with Gasteiger partial charge in [0.15, 0.2) is 0 Å². The van der Waals surface area contributed by atoms with Gasteiger partial charge >= 0.3 is 5.97 Å². The number of carbonyl (C=O) groups is 1. The Balaban J connectivity index is 4.02. The van der Waals surface area contributed by atoms with Crippen molar-refractivity contribution in [3.05, 3.63) is 9.66 Å². The number of hydrogen-bond donors (Lipinski definition) is 1. The summed E-state index contributed by atoms with van der Waals surface area (Å²) >= 11 is 1.97. The minimum absolute atomic E-state index is 0.343. The molecule has 0 rings (SSSR count). The van der Waals surface area contributed by atoms with Gasteiger partial charge in [-0.2, -0.15) is 0 Å². The Labute approximate surface area is 111 Å².